The molecule has 3 heterocycles. The van der Waals surface area contributed by atoms with Gasteiger partial charge in [0.15, 0.2) is 5.82 Å². The molecule has 4 rings (SSSR count). The Labute approximate surface area is 131 Å². The van der Waals surface area contributed by atoms with Crippen LogP contribution < -0.4 is 0 Å². The molecule has 0 N–H and O–H groups in total. The highest BCUT2D eigenvalue weighted by Crippen LogP contribution is 2.42. The minimum absolute atomic E-state index is 0.0394. The van der Waals surface area contributed by atoms with Gasteiger partial charge >= 0.3 is 0 Å². The van der Waals surface area contributed by atoms with Gasteiger partial charge in [-0.05, 0) is 23.8 Å². The molecule has 4 heteroatoms. The van der Waals surface area contributed by atoms with Crippen LogP contribution in [0.1, 0.15) is 55.9 Å². The van der Waals surface area contributed by atoms with Crippen LogP contribution in [-0.2, 0) is 17.7 Å². The number of aryl methyl sites for hydroxylation is 1. The van der Waals surface area contributed by atoms with Gasteiger partial charge in [-0.1, -0.05) is 44.2 Å². The van der Waals surface area contributed by atoms with Gasteiger partial charge in [0.25, 0.3) is 0 Å². The molecular weight excluding hydrogens is 274 g/mol. The zero-order chi connectivity index (χ0) is 15.2. The van der Waals surface area contributed by atoms with E-state index in [0.717, 1.165) is 37.6 Å². The Morgan fingerprint density at radius 1 is 1.18 bits per heavy atom. The lowest BCUT2D eigenvalue weighted by Crippen LogP contribution is -2.29. The molecule has 2 aliphatic rings. The summed E-state index contributed by atoms with van der Waals surface area (Å²) < 4.78 is 8.39. The molecule has 2 aromatic rings. The quantitative estimate of drug-likeness (QED) is 0.852. The van der Waals surface area contributed by atoms with E-state index in [1.165, 1.54) is 12.0 Å². The van der Waals surface area contributed by atoms with Gasteiger partial charge in [0, 0.05) is 25.5 Å². The van der Waals surface area contributed by atoms with Crippen molar-refractivity contribution in [2.75, 3.05) is 6.61 Å². The van der Waals surface area contributed by atoms with E-state index in [-0.39, 0.29) is 6.10 Å². The second kappa shape index (κ2) is 5.20. The zero-order valence-electron chi connectivity index (χ0n) is 13.3. The van der Waals surface area contributed by atoms with Gasteiger partial charge < -0.3 is 9.30 Å². The number of rotatable bonds is 2. The van der Waals surface area contributed by atoms with Crippen LogP contribution >= 0.6 is 0 Å². The molecule has 1 saturated heterocycles. The summed E-state index contributed by atoms with van der Waals surface area (Å²) in [5.74, 6) is 2.53. The minimum atomic E-state index is 0.0394. The molecule has 2 atom stereocenters. The van der Waals surface area contributed by atoms with Crippen LogP contribution in [0.2, 0.25) is 0 Å². The van der Waals surface area contributed by atoms with Crippen LogP contribution in [0, 0.1) is 5.41 Å². The first kappa shape index (κ1) is 13.9. The number of fused-ring (bicyclic) bond motifs is 1. The summed E-state index contributed by atoms with van der Waals surface area (Å²) in [4.78, 5) is 0. The van der Waals surface area contributed by atoms with Crippen molar-refractivity contribution in [1.29, 1.82) is 0 Å². The van der Waals surface area contributed by atoms with Crippen molar-refractivity contribution in [2.45, 2.75) is 51.7 Å². The Morgan fingerprint density at radius 2 is 2.00 bits per heavy atom. The second-order valence-corrected chi connectivity index (χ2v) is 7.32. The van der Waals surface area contributed by atoms with Crippen LogP contribution in [0.15, 0.2) is 30.3 Å². The first-order chi connectivity index (χ1) is 10.6. The first-order valence-corrected chi connectivity index (χ1v) is 8.23. The van der Waals surface area contributed by atoms with E-state index in [1.807, 2.05) is 0 Å². The van der Waals surface area contributed by atoms with Crippen LogP contribution in [0.3, 0.4) is 0 Å². The maximum absolute atomic E-state index is 6.08. The Morgan fingerprint density at radius 3 is 2.82 bits per heavy atom. The molecule has 4 nitrogen and oxygen atoms in total. The number of ether oxygens (including phenoxy) is 1. The van der Waals surface area contributed by atoms with Crippen LogP contribution in [0.4, 0.5) is 0 Å². The summed E-state index contributed by atoms with van der Waals surface area (Å²) >= 11 is 0. The standard InChI is InChI=1S/C18H23N3O/c1-18(2)10-8-15-19-20-17(21(15)12-18)16-14(9-11-22-16)13-6-4-3-5-7-13/h3-7,14,16H,8-12H2,1-2H3/t14-,16-/m0/s1. The van der Waals surface area contributed by atoms with E-state index in [1.54, 1.807) is 0 Å². The molecule has 0 radical (unpaired) electrons. The van der Waals surface area contributed by atoms with Crippen LogP contribution in [-0.4, -0.2) is 21.4 Å². The molecule has 0 aliphatic carbocycles. The maximum atomic E-state index is 6.08. The Hall–Kier alpha value is -1.68. The topological polar surface area (TPSA) is 39.9 Å². The van der Waals surface area contributed by atoms with Crippen molar-refractivity contribution in [3.8, 4) is 0 Å². The monoisotopic (exact) mass is 297 g/mol. The molecule has 0 saturated carbocycles. The summed E-state index contributed by atoms with van der Waals surface area (Å²) in [5, 5.41) is 8.94. The summed E-state index contributed by atoms with van der Waals surface area (Å²) in [6.45, 7) is 6.44. The lowest BCUT2D eigenvalue weighted by atomic mass is 9.84. The van der Waals surface area contributed by atoms with Gasteiger partial charge in [-0.2, -0.15) is 0 Å². The molecule has 1 fully saturated rings. The third kappa shape index (κ3) is 2.35. The number of benzene rings is 1. The number of hydrogen-bond donors (Lipinski definition) is 0. The van der Waals surface area contributed by atoms with Crippen LogP contribution in [0.25, 0.3) is 0 Å². The first-order valence-electron chi connectivity index (χ1n) is 8.23. The van der Waals surface area contributed by atoms with Gasteiger partial charge in [0.1, 0.15) is 11.9 Å². The summed E-state index contributed by atoms with van der Waals surface area (Å²) in [5.41, 5.74) is 1.66. The predicted molar refractivity (Wildman–Crippen MR) is 84.6 cm³/mol. The average molecular weight is 297 g/mol. The highest BCUT2D eigenvalue weighted by atomic mass is 16.5. The average Bonchev–Trinajstić information content (AvgIpc) is 3.13. The van der Waals surface area contributed by atoms with Crippen LogP contribution in [0.5, 0.6) is 0 Å². The number of nitrogens with zero attached hydrogens (tertiary/aromatic N) is 3. The van der Waals surface area contributed by atoms with E-state index in [2.05, 4.69) is 58.9 Å². The molecule has 1 aromatic heterocycles. The molecule has 2 aliphatic heterocycles. The Bertz CT molecular complexity index is 662. The summed E-state index contributed by atoms with van der Waals surface area (Å²) in [7, 11) is 0. The fourth-order valence-electron chi connectivity index (χ4n) is 3.76. The molecule has 1 aromatic carbocycles. The second-order valence-electron chi connectivity index (χ2n) is 7.32. The minimum Gasteiger partial charge on any atom is -0.370 e. The fourth-order valence-corrected chi connectivity index (χ4v) is 3.76. The molecule has 0 amide bonds. The Kier molecular flexibility index (Phi) is 3.30. The van der Waals surface area contributed by atoms with Gasteiger partial charge in [-0.25, -0.2) is 0 Å². The van der Waals surface area contributed by atoms with E-state index in [4.69, 9.17) is 4.74 Å². The SMILES string of the molecule is CC1(C)CCc2nnc([C@H]3OCC[C@H]3c3ccccc3)n2C1. The molecule has 0 bridgehead atoms. The highest BCUT2D eigenvalue weighted by Gasteiger charge is 2.37. The molecule has 0 unspecified atom stereocenters. The number of aromatic nitrogens is 3. The predicted octanol–water partition coefficient (Wildman–Crippen LogP) is 3.50. The van der Waals surface area contributed by atoms with E-state index in [9.17, 15) is 0 Å². The van der Waals surface area contributed by atoms with Crippen molar-refractivity contribution in [3.63, 3.8) is 0 Å². The lowest BCUT2D eigenvalue weighted by Gasteiger charge is -2.32. The molecule has 116 valence electrons. The van der Waals surface area contributed by atoms with E-state index < -0.39 is 0 Å². The van der Waals surface area contributed by atoms with Crippen molar-refractivity contribution in [2.24, 2.45) is 5.41 Å². The molecular formula is C18H23N3O. The lowest BCUT2D eigenvalue weighted by molar-refractivity contribution is 0.0898. The molecule has 22 heavy (non-hydrogen) atoms. The van der Waals surface area contributed by atoms with Crippen molar-refractivity contribution in [3.05, 3.63) is 47.5 Å². The fraction of sp³-hybridized carbons (Fsp3) is 0.556. The van der Waals surface area contributed by atoms with Crippen molar-refractivity contribution in [1.82, 2.24) is 14.8 Å². The van der Waals surface area contributed by atoms with Gasteiger partial charge in [0.2, 0.25) is 0 Å². The third-order valence-electron chi connectivity index (χ3n) is 5.04. The van der Waals surface area contributed by atoms with Gasteiger partial charge in [-0.15, -0.1) is 10.2 Å². The van der Waals surface area contributed by atoms with Gasteiger partial charge in [-0.3, -0.25) is 0 Å². The maximum Gasteiger partial charge on any atom is 0.162 e. The van der Waals surface area contributed by atoms with E-state index in [0.29, 0.717) is 11.3 Å². The third-order valence-corrected chi connectivity index (χ3v) is 5.04. The normalized spacial score (nSPS) is 26.8. The number of hydrogen-bond acceptors (Lipinski definition) is 3. The summed E-state index contributed by atoms with van der Waals surface area (Å²) in [6.07, 6.45) is 3.29. The summed E-state index contributed by atoms with van der Waals surface area (Å²) in [6, 6.07) is 10.7. The Balaban J connectivity index is 1.69. The van der Waals surface area contributed by atoms with Gasteiger partial charge in [0.05, 0.1) is 0 Å². The van der Waals surface area contributed by atoms with Crippen molar-refractivity contribution < 1.29 is 4.74 Å². The molecule has 0 spiro atoms. The zero-order valence-corrected chi connectivity index (χ0v) is 13.3. The smallest absolute Gasteiger partial charge is 0.162 e. The van der Waals surface area contributed by atoms with Crippen molar-refractivity contribution >= 4 is 0 Å². The highest BCUT2D eigenvalue weighted by molar-refractivity contribution is 5.24. The largest absolute Gasteiger partial charge is 0.370 e. The van der Waals surface area contributed by atoms with E-state index >= 15 is 0 Å².